The van der Waals surface area contributed by atoms with E-state index in [0.29, 0.717) is 18.0 Å². The minimum Gasteiger partial charge on any atom is -0.444 e. The maximum atomic E-state index is 8.74. The molecule has 1 aromatic carbocycles. The summed E-state index contributed by atoms with van der Waals surface area (Å²) >= 11 is 0. The lowest BCUT2D eigenvalue weighted by molar-refractivity contribution is 0.298. The zero-order valence-electron chi connectivity index (χ0n) is 8.18. The van der Waals surface area contributed by atoms with Gasteiger partial charge in [-0.2, -0.15) is 0 Å². The van der Waals surface area contributed by atoms with Gasteiger partial charge in [0.1, 0.15) is 6.26 Å². The molecular weight excluding hydrogens is 192 g/mol. The molecule has 0 aliphatic heterocycles. The molecule has 2 rings (SSSR count). The summed E-state index contributed by atoms with van der Waals surface area (Å²) in [6, 6.07) is 7.30. The predicted molar refractivity (Wildman–Crippen MR) is 57.1 cm³/mol. The minimum atomic E-state index is 0.0771. The van der Waals surface area contributed by atoms with E-state index in [-0.39, 0.29) is 6.61 Å². The van der Waals surface area contributed by atoms with Gasteiger partial charge in [-0.15, -0.1) is 0 Å². The maximum absolute atomic E-state index is 8.74. The zero-order valence-corrected chi connectivity index (χ0v) is 8.18. The van der Waals surface area contributed by atoms with Crippen LogP contribution in [0.2, 0.25) is 0 Å². The first-order chi connectivity index (χ1) is 7.29. The number of aliphatic hydroxyl groups is 1. The Morgan fingerprint density at radius 1 is 1.27 bits per heavy atom. The molecule has 2 aromatic rings. The van der Waals surface area contributed by atoms with Gasteiger partial charge in [0.2, 0.25) is 5.89 Å². The topological polar surface area (TPSA) is 72.3 Å². The van der Waals surface area contributed by atoms with Crippen LogP contribution < -0.4 is 5.73 Å². The van der Waals surface area contributed by atoms with Crippen LogP contribution in [-0.2, 0) is 6.42 Å². The van der Waals surface area contributed by atoms with Crippen molar-refractivity contribution < 1.29 is 9.52 Å². The molecule has 0 amide bonds. The third-order valence-corrected chi connectivity index (χ3v) is 2.08. The van der Waals surface area contributed by atoms with Crippen LogP contribution in [0, 0.1) is 0 Å². The number of nitrogens with zero attached hydrogens (tertiary/aromatic N) is 1. The zero-order chi connectivity index (χ0) is 10.7. The molecule has 0 saturated carbocycles. The number of nitrogens with two attached hydrogens (primary N) is 1. The summed E-state index contributed by atoms with van der Waals surface area (Å²) in [5, 5.41) is 8.74. The molecule has 4 nitrogen and oxygen atoms in total. The SMILES string of the molecule is Nc1ccc(-c2nc(CCO)co2)cc1. The van der Waals surface area contributed by atoms with Gasteiger partial charge in [0.05, 0.1) is 5.69 Å². The normalized spacial score (nSPS) is 10.5. The average Bonchev–Trinajstić information content (AvgIpc) is 2.68. The molecule has 0 bridgehead atoms. The van der Waals surface area contributed by atoms with Gasteiger partial charge in [-0.25, -0.2) is 4.98 Å². The Labute approximate surface area is 87.4 Å². The van der Waals surface area contributed by atoms with E-state index < -0.39 is 0 Å². The van der Waals surface area contributed by atoms with E-state index in [1.165, 1.54) is 0 Å². The Kier molecular flexibility index (Phi) is 2.69. The van der Waals surface area contributed by atoms with Crippen LogP contribution in [0.25, 0.3) is 11.5 Å². The summed E-state index contributed by atoms with van der Waals surface area (Å²) in [5.41, 5.74) is 7.92. The molecule has 1 aromatic heterocycles. The van der Waals surface area contributed by atoms with E-state index >= 15 is 0 Å². The van der Waals surface area contributed by atoms with Crippen molar-refractivity contribution in [2.45, 2.75) is 6.42 Å². The fraction of sp³-hybridized carbons (Fsp3) is 0.182. The van der Waals surface area contributed by atoms with Crippen molar-refractivity contribution in [3.05, 3.63) is 36.2 Å². The van der Waals surface area contributed by atoms with Gasteiger partial charge in [-0.1, -0.05) is 0 Å². The number of hydrogen-bond donors (Lipinski definition) is 2. The second-order valence-corrected chi connectivity index (χ2v) is 3.24. The Morgan fingerprint density at radius 2 is 2.00 bits per heavy atom. The number of anilines is 1. The molecule has 4 heteroatoms. The Balaban J connectivity index is 2.25. The van der Waals surface area contributed by atoms with E-state index in [1.807, 2.05) is 12.1 Å². The molecule has 0 saturated heterocycles. The van der Waals surface area contributed by atoms with E-state index in [9.17, 15) is 0 Å². The molecule has 0 fully saturated rings. The van der Waals surface area contributed by atoms with Crippen molar-refractivity contribution in [1.29, 1.82) is 0 Å². The summed E-state index contributed by atoms with van der Waals surface area (Å²) in [7, 11) is 0. The molecule has 3 N–H and O–H groups in total. The molecule has 0 spiro atoms. The van der Waals surface area contributed by atoms with Crippen molar-refractivity contribution in [2.75, 3.05) is 12.3 Å². The molecule has 78 valence electrons. The number of oxazole rings is 1. The van der Waals surface area contributed by atoms with Gasteiger partial charge >= 0.3 is 0 Å². The first-order valence-corrected chi connectivity index (χ1v) is 4.71. The largest absolute Gasteiger partial charge is 0.444 e. The van der Waals surface area contributed by atoms with Gasteiger partial charge in [-0.05, 0) is 24.3 Å². The average molecular weight is 204 g/mol. The number of rotatable bonds is 3. The lowest BCUT2D eigenvalue weighted by atomic mass is 10.2. The fourth-order valence-corrected chi connectivity index (χ4v) is 1.29. The van der Waals surface area contributed by atoms with Gasteiger partial charge in [0, 0.05) is 24.3 Å². The highest BCUT2D eigenvalue weighted by molar-refractivity contribution is 5.57. The second-order valence-electron chi connectivity index (χ2n) is 3.24. The molecule has 15 heavy (non-hydrogen) atoms. The third-order valence-electron chi connectivity index (χ3n) is 2.08. The number of hydrogen-bond acceptors (Lipinski definition) is 4. The predicted octanol–water partition coefficient (Wildman–Crippen LogP) is 1.46. The van der Waals surface area contributed by atoms with Crippen LogP contribution in [-0.4, -0.2) is 16.7 Å². The second kappa shape index (κ2) is 4.14. The Bertz CT molecular complexity index is 434. The van der Waals surface area contributed by atoms with E-state index in [4.69, 9.17) is 15.3 Å². The van der Waals surface area contributed by atoms with Crippen molar-refractivity contribution in [3.8, 4) is 11.5 Å². The summed E-state index contributed by atoms with van der Waals surface area (Å²) in [6.07, 6.45) is 2.07. The van der Waals surface area contributed by atoms with Crippen LogP contribution in [0.3, 0.4) is 0 Å². The summed E-state index contributed by atoms with van der Waals surface area (Å²) in [4.78, 5) is 4.23. The number of aliphatic hydroxyl groups excluding tert-OH is 1. The summed E-state index contributed by atoms with van der Waals surface area (Å²) < 4.78 is 5.28. The van der Waals surface area contributed by atoms with Crippen molar-refractivity contribution >= 4 is 5.69 Å². The Hall–Kier alpha value is -1.81. The van der Waals surface area contributed by atoms with Crippen LogP contribution in [0.15, 0.2) is 34.9 Å². The van der Waals surface area contributed by atoms with Crippen LogP contribution >= 0.6 is 0 Å². The monoisotopic (exact) mass is 204 g/mol. The smallest absolute Gasteiger partial charge is 0.226 e. The first kappa shape index (κ1) is 9.73. The van der Waals surface area contributed by atoms with Gasteiger partial charge in [0.15, 0.2) is 0 Å². The van der Waals surface area contributed by atoms with E-state index in [2.05, 4.69) is 4.98 Å². The van der Waals surface area contributed by atoms with Gasteiger partial charge in [0.25, 0.3) is 0 Å². The van der Waals surface area contributed by atoms with Gasteiger partial charge in [-0.3, -0.25) is 0 Å². The molecule has 0 atom stereocenters. The summed E-state index contributed by atoms with van der Waals surface area (Å²) in [6.45, 7) is 0.0771. The van der Waals surface area contributed by atoms with E-state index in [0.717, 1.165) is 11.3 Å². The fourth-order valence-electron chi connectivity index (χ4n) is 1.29. The standard InChI is InChI=1S/C11H12N2O2/c12-9-3-1-8(2-4-9)11-13-10(5-6-14)7-15-11/h1-4,7,14H,5-6,12H2. The van der Waals surface area contributed by atoms with Crippen LogP contribution in [0.5, 0.6) is 0 Å². The van der Waals surface area contributed by atoms with Crippen molar-refractivity contribution in [3.63, 3.8) is 0 Å². The highest BCUT2D eigenvalue weighted by Gasteiger charge is 2.05. The van der Waals surface area contributed by atoms with Crippen molar-refractivity contribution in [2.24, 2.45) is 0 Å². The highest BCUT2D eigenvalue weighted by atomic mass is 16.3. The molecule has 0 aliphatic rings. The molecule has 0 aliphatic carbocycles. The van der Waals surface area contributed by atoms with Gasteiger partial charge < -0.3 is 15.3 Å². The quantitative estimate of drug-likeness (QED) is 0.742. The Morgan fingerprint density at radius 3 is 2.67 bits per heavy atom. The van der Waals surface area contributed by atoms with Crippen molar-refractivity contribution in [1.82, 2.24) is 4.98 Å². The van der Waals surface area contributed by atoms with E-state index in [1.54, 1.807) is 18.4 Å². The molecule has 0 radical (unpaired) electrons. The lowest BCUT2D eigenvalue weighted by Crippen LogP contribution is -1.90. The van der Waals surface area contributed by atoms with Crippen LogP contribution in [0.1, 0.15) is 5.69 Å². The lowest BCUT2D eigenvalue weighted by Gasteiger charge is -1.95. The minimum absolute atomic E-state index is 0.0771. The van der Waals surface area contributed by atoms with Crippen LogP contribution in [0.4, 0.5) is 5.69 Å². The summed E-state index contributed by atoms with van der Waals surface area (Å²) in [5.74, 6) is 0.554. The highest BCUT2D eigenvalue weighted by Crippen LogP contribution is 2.19. The molecular formula is C11H12N2O2. The maximum Gasteiger partial charge on any atom is 0.226 e. The number of aromatic nitrogens is 1. The molecule has 0 unspecified atom stereocenters. The molecule has 1 heterocycles. The number of benzene rings is 1. The first-order valence-electron chi connectivity index (χ1n) is 4.71. The number of nitrogen functional groups attached to an aromatic ring is 1. The third kappa shape index (κ3) is 2.16.